The largest absolute Gasteiger partial charge is 0.497 e. The van der Waals surface area contributed by atoms with Crippen molar-refractivity contribution in [2.75, 3.05) is 26.2 Å². The van der Waals surface area contributed by atoms with E-state index in [2.05, 4.69) is 15.4 Å². The third-order valence-electron chi connectivity index (χ3n) is 3.89. The predicted octanol–water partition coefficient (Wildman–Crippen LogP) is 2.02. The molecule has 0 radical (unpaired) electrons. The number of likely N-dealkylation sites (N-methyl/N-ethyl adjacent to an activating group) is 1. The van der Waals surface area contributed by atoms with Gasteiger partial charge in [0.05, 0.1) is 14.2 Å². The molecule has 0 spiro atoms. The number of hydrogen-bond donors (Lipinski definition) is 0. The number of carbonyl (C=O) groups is 1. The molecule has 0 saturated carbocycles. The number of ether oxygens (including phenoxy) is 2. The topological polar surface area (TPSA) is 82.4 Å². The standard InChI is InChI=1S/C18H19N5O3/c1-22(14-7-9-15(25-2)10-8-14)17(24)12-23-20-18(19-21-23)13-5-4-6-16(11-13)26-3/h4-11H,12H2,1-3H3. The summed E-state index contributed by atoms with van der Waals surface area (Å²) >= 11 is 0. The molecule has 0 atom stereocenters. The highest BCUT2D eigenvalue weighted by Gasteiger charge is 2.14. The van der Waals surface area contributed by atoms with Crippen molar-refractivity contribution in [2.45, 2.75) is 6.54 Å². The summed E-state index contributed by atoms with van der Waals surface area (Å²) in [5.41, 5.74) is 1.52. The van der Waals surface area contributed by atoms with Gasteiger partial charge in [0.1, 0.15) is 18.0 Å². The Kier molecular flexibility index (Phi) is 5.12. The predicted molar refractivity (Wildman–Crippen MR) is 96.2 cm³/mol. The molecule has 0 aliphatic carbocycles. The van der Waals surface area contributed by atoms with Crippen LogP contribution < -0.4 is 14.4 Å². The lowest BCUT2D eigenvalue weighted by Gasteiger charge is -2.17. The zero-order valence-electron chi connectivity index (χ0n) is 14.8. The van der Waals surface area contributed by atoms with Gasteiger partial charge in [-0.3, -0.25) is 4.79 Å². The molecule has 8 heteroatoms. The van der Waals surface area contributed by atoms with Crippen LogP contribution in [-0.4, -0.2) is 47.4 Å². The number of benzene rings is 2. The van der Waals surface area contributed by atoms with Gasteiger partial charge in [0.25, 0.3) is 0 Å². The smallest absolute Gasteiger partial charge is 0.250 e. The lowest BCUT2D eigenvalue weighted by atomic mass is 10.2. The lowest BCUT2D eigenvalue weighted by molar-refractivity contribution is -0.119. The number of rotatable bonds is 6. The average Bonchev–Trinajstić information content (AvgIpc) is 3.16. The Balaban J connectivity index is 1.70. The van der Waals surface area contributed by atoms with E-state index in [1.807, 2.05) is 36.4 Å². The van der Waals surface area contributed by atoms with Gasteiger partial charge >= 0.3 is 0 Å². The summed E-state index contributed by atoms with van der Waals surface area (Å²) in [6.45, 7) is -0.0144. The van der Waals surface area contributed by atoms with Gasteiger partial charge in [-0.2, -0.15) is 4.80 Å². The fourth-order valence-corrected chi connectivity index (χ4v) is 2.36. The van der Waals surface area contributed by atoms with Gasteiger partial charge in [-0.25, -0.2) is 0 Å². The van der Waals surface area contributed by atoms with E-state index in [-0.39, 0.29) is 12.5 Å². The van der Waals surface area contributed by atoms with Crippen molar-refractivity contribution in [3.8, 4) is 22.9 Å². The van der Waals surface area contributed by atoms with E-state index >= 15 is 0 Å². The van der Waals surface area contributed by atoms with Crippen molar-refractivity contribution in [3.05, 3.63) is 48.5 Å². The van der Waals surface area contributed by atoms with Gasteiger partial charge in [0.15, 0.2) is 0 Å². The van der Waals surface area contributed by atoms with Crippen LogP contribution in [0.25, 0.3) is 11.4 Å². The highest BCUT2D eigenvalue weighted by atomic mass is 16.5. The first-order valence-electron chi connectivity index (χ1n) is 7.93. The molecule has 8 nitrogen and oxygen atoms in total. The second kappa shape index (κ2) is 7.64. The fourth-order valence-electron chi connectivity index (χ4n) is 2.36. The Morgan fingerprint density at radius 3 is 2.50 bits per heavy atom. The van der Waals surface area contributed by atoms with Crippen molar-refractivity contribution < 1.29 is 14.3 Å². The number of nitrogens with zero attached hydrogens (tertiary/aromatic N) is 5. The van der Waals surface area contributed by atoms with Crippen molar-refractivity contribution in [1.82, 2.24) is 20.2 Å². The van der Waals surface area contributed by atoms with E-state index in [4.69, 9.17) is 9.47 Å². The SMILES string of the molecule is COc1ccc(N(C)C(=O)Cn2nnc(-c3cccc(OC)c3)n2)cc1. The molecule has 1 heterocycles. The maximum Gasteiger partial charge on any atom is 0.250 e. The van der Waals surface area contributed by atoms with Gasteiger partial charge in [-0.15, -0.1) is 10.2 Å². The molecule has 3 aromatic rings. The first-order chi connectivity index (χ1) is 12.6. The monoisotopic (exact) mass is 353 g/mol. The van der Waals surface area contributed by atoms with Crippen molar-refractivity contribution in [1.29, 1.82) is 0 Å². The van der Waals surface area contributed by atoms with Crippen LogP contribution in [0.3, 0.4) is 0 Å². The van der Waals surface area contributed by atoms with Gasteiger partial charge in [0, 0.05) is 18.3 Å². The number of methoxy groups -OCH3 is 2. The summed E-state index contributed by atoms with van der Waals surface area (Å²) in [5, 5.41) is 12.2. The van der Waals surface area contributed by atoms with E-state index in [0.717, 1.165) is 17.0 Å². The summed E-state index contributed by atoms with van der Waals surface area (Å²) in [6.07, 6.45) is 0. The Bertz CT molecular complexity index is 892. The molecular formula is C18H19N5O3. The maximum atomic E-state index is 12.5. The van der Waals surface area contributed by atoms with Crippen LogP contribution in [0.15, 0.2) is 48.5 Å². The Morgan fingerprint density at radius 2 is 1.81 bits per heavy atom. The third kappa shape index (κ3) is 3.80. The van der Waals surface area contributed by atoms with E-state index in [1.54, 1.807) is 33.4 Å². The van der Waals surface area contributed by atoms with E-state index < -0.39 is 0 Å². The molecule has 0 N–H and O–H groups in total. The van der Waals surface area contributed by atoms with Crippen LogP contribution in [0.4, 0.5) is 5.69 Å². The minimum atomic E-state index is -0.162. The molecule has 0 bridgehead atoms. The second-order valence-corrected chi connectivity index (χ2v) is 5.53. The first-order valence-corrected chi connectivity index (χ1v) is 7.93. The van der Waals surface area contributed by atoms with Crippen LogP contribution in [0.2, 0.25) is 0 Å². The van der Waals surface area contributed by atoms with Crippen molar-refractivity contribution in [2.24, 2.45) is 0 Å². The number of tetrazole rings is 1. The molecule has 26 heavy (non-hydrogen) atoms. The molecule has 0 unspecified atom stereocenters. The average molecular weight is 353 g/mol. The van der Waals surface area contributed by atoms with E-state index in [9.17, 15) is 4.79 Å². The molecule has 3 rings (SSSR count). The lowest BCUT2D eigenvalue weighted by Crippen LogP contribution is -2.30. The quantitative estimate of drug-likeness (QED) is 0.674. The summed E-state index contributed by atoms with van der Waals surface area (Å²) in [5.74, 6) is 1.71. The minimum absolute atomic E-state index is 0.0144. The highest BCUT2D eigenvalue weighted by molar-refractivity contribution is 5.92. The number of aromatic nitrogens is 4. The molecular weight excluding hydrogens is 334 g/mol. The van der Waals surface area contributed by atoms with E-state index in [0.29, 0.717) is 11.6 Å². The zero-order chi connectivity index (χ0) is 18.5. The van der Waals surface area contributed by atoms with Gasteiger partial charge in [-0.1, -0.05) is 12.1 Å². The van der Waals surface area contributed by atoms with Gasteiger partial charge in [0.2, 0.25) is 11.7 Å². The normalized spacial score (nSPS) is 10.4. The minimum Gasteiger partial charge on any atom is -0.497 e. The Morgan fingerprint density at radius 1 is 1.08 bits per heavy atom. The Hall–Kier alpha value is -3.42. The second-order valence-electron chi connectivity index (χ2n) is 5.53. The summed E-state index contributed by atoms with van der Waals surface area (Å²) in [6, 6.07) is 14.6. The molecule has 0 saturated heterocycles. The number of carbonyl (C=O) groups excluding carboxylic acids is 1. The number of hydrogen-bond acceptors (Lipinski definition) is 6. The highest BCUT2D eigenvalue weighted by Crippen LogP contribution is 2.20. The van der Waals surface area contributed by atoms with Crippen LogP contribution >= 0.6 is 0 Å². The molecule has 0 aliphatic heterocycles. The Labute approximate surface area is 151 Å². The van der Waals surface area contributed by atoms with Crippen LogP contribution in [0.5, 0.6) is 11.5 Å². The maximum absolute atomic E-state index is 12.5. The molecule has 0 fully saturated rings. The van der Waals surface area contributed by atoms with Crippen LogP contribution in [0, 0.1) is 0 Å². The zero-order valence-corrected chi connectivity index (χ0v) is 14.8. The van der Waals surface area contributed by atoms with Crippen molar-refractivity contribution in [3.63, 3.8) is 0 Å². The number of amides is 1. The van der Waals surface area contributed by atoms with Crippen molar-refractivity contribution >= 4 is 11.6 Å². The molecule has 1 amide bonds. The summed E-state index contributed by atoms with van der Waals surface area (Å²) < 4.78 is 10.3. The number of anilines is 1. The van der Waals surface area contributed by atoms with Crippen LogP contribution in [0.1, 0.15) is 0 Å². The van der Waals surface area contributed by atoms with Gasteiger partial charge < -0.3 is 14.4 Å². The van der Waals surface area contributed by atoms with Gasteiger partial charge in [-0.05, 0) is 41.6 Å². The summed E-state index contributed by atoms with van der Waals surface area (Å²) in [4.78, 5) is 15.3. The molecule has 134 valence electrons. The molecule has 2 aromatic carbocycles. The summed E-state index contributed by atoms with van der Waals surface area (Å²) in [7, 11) is 4.89. The first kappa shape index (κ1) is 17.4. The van der Waals surface area contributed by atoms with E-state index in [1.165, 1.54) is 9.70 Å². The fraction of sp³-hybridized carbons (Fsp3) is 0.222. The molecule has 1 aromatic heterocycles. The molecule has 0 aliphatic rings. The third-order valence-corrected chi connectivity index (χ3v) is 3.89. The van der Waals surface area contributed by atoms with Crippen LogP contribution in [-0.2, 0) is 11.3 Å².